The van der Waals surface area contributed by atoms with Crippen LogP contribution in [0.25, 0.3) is 105 Å². The minimum absolute atomic E-state index is 0.144. The second-order valence-corrected chi connectivity index (χ2v) is 13.2. The summed E-state index contributed by atoms with van der Waals surface area (Å²) in [4.78, 5) is 0. The zero-order valence-electron chi connectivity index (χ0n) is 51.3. The fourth-order valence-corrected chi connectivity index (χ4v) is 7.59. The zero-order chi connectivity index (χ0) is 56.6. The first-order valence-electron chi connectivity index (χ1n) is 28.8. The number of fused-ring (bicyclic) bond motifs is 9. The third-order valence-electron chi connectivity index (χ3n) is 10.1. The van der Waals surface area contributed by atoms with Crippen molar-refractivity contribution in [3.8, 4) is 39.3 Å². The Morgan fingerprint density at radius 1 is 0.263 bits per heavy atom. The maximum atomic E-state index is 10.0. The standard InChI is InChI=1S/C54H35N3/c1-3-13-36(14-4-1)37-23-27-41(28-24-37)55-50-21-11-8-18-44(50)47-33-38(25-31-52(47)55)39-26-32-53-48(34-39)45-19-9-12-22-51(45)57(53)42-29-30-46-43-17-7-10-20-49(43)56(54(46)35-42)40-15-5-2-6-16-40/h1-35H/i1D,7D,8D,9D,10D,11D,12D,17D,18D,19D,20D,21D,22D,25D,26D,29D,30D,31D,32D,33D,34D,35D. The molecule has 0 unspecified atom stereocenters. The smallest absolute Gasteiger partial charge is 0.0667 e. The zero-order valence-corrected chi connectivity index (χ0v) is 29.3. The highest BCUT2D eigenvalue weighted by molar-refractivity contribution is 6.14. The molecule has 0 spiro atoms. The fourth-order valence-electron chi connectivity index (χ4n) is 7.59. The van der Waals surface area contributed by atoms with Crippen LogP contribution in [0.1, 0.15) is 30.2 Å². The van der Waals surface area contributed by atoms with Crippen LogP contribution in [0.3, 0.4) is 0 Å². The number of benzene rings is 9. The minimum atomic E-state index is -0.885. The molecule has 9 aromatic carbocycles. The lowest BCUT2D eigenvalue weighted by molar-refractivity contribution is 1.15. The van der Waals surface area contributed by atoms with E-state index in [-0.39, 0.29) is 55.0 Å². The molecule has 3 nitrogen and oxygen atoms in total. The fraction of sp³-hybridized carbons (Fsp3) is 0. The van der Waals surface area contributed by atoms with Crippen molar-refractivity contribution in [3.05, 3.63) is 212 Å². The normalized spacial score (nSPS) is 17.3. The highest BCUT2D eigenvalue weighted by atomic mass is 15.0. The van der Waals surface area contributed by atoms with E-state index in [0.717, 1.165) is 10.1 Å². The lowest BCUT2D eigenvalue weighted by atomic mass is 10.0. The lowest BCUT2D eigenvalue weighted by Gasteiger charge is -2.11. The summed E-state index contributed by atoms with van der Waals surface area (Å²) in [6.45, 7) is 0. The van der Waals surface area contributed by atoms with Crippen LogP contribution in [0.5, 0.6) is 0 Å². The van der Waals surface area contributed by atoms with Gasteiger partial charge < -0.3 is 13.7 Å². The van der Waals surface area contributed by atoms with Crippen molar-refractivity contribution in [1.29, 1.82) is 0 Å². The molecule has 0 bridgehead atoms. The van der Waals surface area contributed by atoms with Crippen molar-refractivity contribution < 1.29 is 30.2 Å². The third-order valence-corrected chi connectivity index (χ3v) is 10.1. The van der Waals surface area contributed by atoms with Gasteiger partial charge in [0.05, 0.1) is 63.3 Å². The van der Waals surface area contributed by atoms with Gasteiger partial charge in [0.2, 0.25) is 0 Å². The predicted molar refractivity (Wildman–Crippen MR) is 240 cm³/mol. The summed E-state index contributed by atoms with van der Waals surface area (Å²) < 4.78 is 207. The molecule has 3 aromatic heterocycles. The first-order valence-corrected chi connectivity index (χ1v) is 17.8. The molecule has 0 amide bonds. The van der Waals surface area contributed by atoms with Crippen molar-refractivity contribution in [2.45, 2.75) is 0 Å². The van der Waals surface area contributed by atoms with Gasteiger partial charge >= 0.3 is 0 Å². The Kier molecular flexibility index (Phi) is 3.72. The number of nitrogens with zero attached hydrogens (tertiary/aromatic N) is 3. The quantitative estimate of drug-likeness (QED) is 0.167. The van der Waals surface area contributed by atoms with Gasteiger partial charge in [-0.25, -0.2) is 0 Å². The minimum Gasteiger partial charge on any atom is -0.309 e. The summed E-state index contributed by atoms with van der Waals surface area (Å²) in [5.74, 6) is 0. The van der Waals surface area contributed by atoms with Gasteiger partial charge in [0.25, 0.3) is 0 Å². The van der Waals surface area contributed by atoms with Gasteiger partial charge in [0, 0.05) is 49.4 Å². The topological polar surface area (TPSA) is 14.8 Å². The van der Waals surface area contributed by atoms with E-state index in [2.05, 4.69) is 0 Å². The van der Waals surface area contributed by atoms with Crippen molar-refractivity contribution in [1.82, 2.24) is 13.7 Å². The molecule has 0 fully saturated rings. The second kappa shape index (κ2) is 12.5. The van der Waals surface area contributed by atoms with E-state index in [4.69, 9.17) is 13.7 Å². The Hall–Kier alpha value is -7.62. The average Bonchev–Trinajstić information content (AvgIpc) is 3.16. The molecule has 0 N–H and O–H groups in total. The van der Waals surface area contributed by atoms with Crippen LogP contribution in [0, 0.1) is 0 Å². The van der Waals surface area contributed by atoms with Crippen LogP contribution in [-0.2, 0) is 0 Å². The van der Waals surface area contributed by atoms with Crippen LogP contribution in [0.15, 0.2) is 212 Å². The Balaban J connectivity index is 1.22. The predicted octanol–water partition coefficient (Wildman–Crippen LogP) is 14.3. The van der Waals surface area contributed by atoms with Crippen LogP contribution in [0.4, 0.5) is 0 Å². The maximum Gasteiger partial charge on any atom is 0.0667 e. The molecule has 3 heteroatoms. The van der Waals surface area contributed by atoms with Gasteiger partial charge in [-0.2, -0.15) is 0 Å². The van der Waals surface area contributed by atoms with E-state index in [1.54, 1.807) is 78.9 Å². The van der Waals surface area contributed by atoms with Gasteiger partial charge in [-0.1, -0.05) is 133 Å². The van der Waals surface area contributed by atoms with E-state index < -0.39 is 166 Å². The number of hydrogen-bond acceptors (Lipinski definition) is 0. The molecular formula is C54H35N3. The molecule has 3 heterocycles. The summed E-state index contributed by atoms with van der Waals surface area (Å²) in [6.07, 6.45) is 0. The Bertz CT molecular complexity index is 4770. The maximum absolute atomic E-state index is 10.0. The van der Waals surface area contributed by atoms with Crippen molar-refractivity contribution in [3.63, 3.8) is 0 Å². The Morgan fingerprint density at radius 2 is 0.719 bits per heavy atom. The Morgan fingerprint density at radius 3 is 1.32 bits per heavy atom. The molecule has 12 rings (SSSR count). The summed E-state index contributed by atoms with van der Waals surface area (Å²) in [6, 6.07) is 7.03. The van der Waals surface area contributed by atoms with Crippen molar-refractivity contribution >= 4 is 65.4 Å². The average molecular weight is 748 g/mol. The summed E-state index contributed by atoms with van der Waals surface area (Å²) in [5.41, 5.74) is -1.56. The molecule has 0 saturated heterocycles. The van der Waals surface area contributed by atoms with Gasteiger partial charge in [-0.15, -0.1) is 0 Å². The van der Waals surface area contributed by atoms with Crippen molar-refractivity contribution in [2.75, 3.05) is 0 Å². The SMILES string of the molecule is [2H]c1ccc(-c2ccc(-n3c4c([2H])c([2H])c([2H])c([2H])c4c4c([2H])c(-c5c([2H])c([2H])c6c(c5[2H])c5c([2H])c([2H])c([2H])c([2H])c5n6-c5c([2H])c([2H])c6c7c([2H])c([2H])c([2H])c([2H])c7n(-c7ccccc7)c6c5[2H])c([2H])c([2H])c43)cc2)cc1. The summed E-state index contributed by atoms with van der Waals surface area (Å²) in [7, 11) is 0. The molecule has 0 aliphatic heterocycles. The van der Waals surface area contributed by atoms with Gasteiger partial charge in [0.1, 0.15) is 0 Å². The molecule has 0 radical (unpaired) electrons. The third kappa shape index (κ3) is 4.86. The van der Waals surface area contributed by atoms with E-state index in [0.29, 0.717) is 11.6 Å². The van der Waals surface area contributed by atoms with Crippen LogP contribution in [0.2, 0.25) is 0 Å². The van der Waals surface area contributed by atoms with Gasteiger partial charge in [-0.3, -0.25) is 0 Å². The van der Waals surface area contributed by atoms with E-state index in [9.17, 15) is 16.4 Å². The first-order chi connectivity index (χ1) is 37.5. The molecule has 266 valence electrons. The van der Waals surface area contributed by atoms with E-state index in [1.165, 1.54) is 9.13 Å². The lowest BCUT2D eigenvalue weighted by Crippen LogP contribution is -1.96. The van der Waals surface area contributed by atoms with Gasteiger partial charge in [0.15, 0.2) is 0 Å². The second-order valence-electron chi connectivity index (χ2n) is 13.2. The molecule has 57 heavy (non-hydrogen) atoms. The molecule has 0 atom stereocenters. The number of hydrogen-bond donors (Lipinski definition) is 0. The van der Waals surface area contributed by atoms with Crippen LogP contribution < -0.4 is 0 Å². The molecule has 0 aliphatic carbocycles. The molecule has 0 saturated carbocycles. The van der Waals surface area contributed by atoms with Gasteiger partial charge in [-0.05, 0) is 101 Å². The van der Waals surface area contributed by atoms with E-state index >= 15 is 0 Å². The summed E-state index contributed by atoms with van der Waals surface area (Å²) in [5, 5.41) is -1.85. The van der Waals surface area contributed by atoms with Crippen LogP contribution in [-0.4, -0.2) is 13.7 Å². The largest absolute Gasteiger partial charge is 0.309 e. The monoisotopic (exact) mass is 747 g/mol. The number of para-hydroxylation sites is 4. The molecule has 0 aliphatic rings. The molecule has 12 aromatic rings. The molecular weight excluding hydrogens is 691 g/mol. The highest BCUT2D eigenvalue weighted by Gasteiger charge is 2.18. The summed E-state index contributed by atoms with van der Waals surface area (Å²) >= 11 is 0. The Labute approximate surface area is 360 Å². The highest BCUT2D eigenvalue weighted by Crippen LogP contribution is 2.40. The van der Waals surface area contributed by atoms with E-state index in [1.807, 2.05) is 0 Å². The first kappa shape index (κ1) is 17.0. The van der Waals surface area contributed by atoms with Crippen LogP contribution >= 0.6 is 0 Å². The number of rotatable bonds is 5. The number of aromatic nitrogens is 3. The van der Waals surface area contributed by atoms with Crippen molar-refractivity contribution in [2.24, 2.45) is 0 Å².